The van der Waals surface area contributed by atoms with Gasteiger partial charge in [0.15, 0.2) is 17.5 Å². The summed E-state index contributed by atoms with van der Waals surface area (Å²) < 4.78 is 2.45. The van der Waals surface area contributed by atoms with Crippen LogP contribution in [0.4, 0.5) is 0 Å². The van der Waals surface area contributed by atoms with E-state index in [1.807, 2.05) is 18.2 Å². The Labute approximate surface area is 264 Å². The first-order chi connectivity index (χ1) is 22.3. The third-order valence-corrected chi connectivity index (χ3v) is 9.74. The zero-order valence-corrected chi connectivity index (χ0v) is 25.0. The normalized spacial score (nSPS) is 11.6. The molecular weight excluding hydrogens is 567 g/mol. The van der Waals surface area contributed by atoms with Gasteiger partial charge in [0.25, 0.3) is 0 Å². The van der Waals surface area contributed by atoms with E-state index < -0.39 is 0 Å². The lowest BCUT2D eigenvalue weighted by Gasteiger charge is -2.10. The summed E-state index contributed by atoms with van der Waals surface area (Å²) >= 11 is 1.80. The van der Waals surface area contributed by atoms with Crippen molar-refractivity contribution in [3.8, 4) is 45.3 Å². The Hall–Kier alpha value is -5.71. The van der Waals surface area contributed by atoms with Gasteiger partial charge >= 0.3 is 0 Å². The highest BCUT2D eigenvalue weighted by Crippen LogP contribution is 2.42. The van der Waals surface area contributed by atoms with Crippen molar-refractivity contribution in [1.29, 1.82) is 0 Å². The maximum absolute atomic E-state index is 5.12. The molecule has 7 aromatic carbocycles. The SMILES string of the molecule is c1ccc(-c2nc(-c3ccc(-c4cccc5ccccc45)cc3)nc(-c3cccc4c3sc3ccc5ccccc5c34)n2)cc1. The van der Waals surface area contributed by atoms with Crippen molar-refractivity contribution in [1.82, 2.24) is 15.0 Å². The second kappa shape index (κ2) is 10.5. The molecule has 0 saturated carbocycles. The third kappa shape index (κ3) is 4.38. The molecule has 0 saturated heterocycles. The Morgan fingerprint density at radius 2 is 0.911 bits per heavy atom. The Balaban J connectivity index is 1.22. The van der Waals surface area contributed by atoms with Crippen molar-refractivity contribution < 1.29 is 0 Å². The van der Waals surface area contributed by atoms with Gasteiger partial charge in [0.1, 0.15) is 0 Å². The molecule has 0 unspecified atom stereocenters. The summed E-state index contributed by atoms with van der Waals surface area (Å²) in [5, 5.41) is 7.51. The summed E-state index contributed by atoms with van der Waals surface area (Å²) in [5.74, 6) is 2.00. The van der Waals surface area contributed by atoms with Crippen LogP contribution in [0.15, 0.2) is 152 Å². The molecule has 0 aliphatic carbocycles. The fraction of sp³-hybridized carbons (Fsp3) is 0. The van der Waals surface area contributed by atoms with Crippen LogP contribution in [-0.2, 0) is 0 Å². The van der Waals surface area contributed by atoms with E-state index >= 15 is 0 Å². The Bertz CT molecular complexity index is 2530. The second-order valence-corrected chi connectivity index (χ2v) is 12.3. The van der Waals surface area contributed by atoms with Crippen LogP contribution < -0.4 is 0 Å². The van der Waals surface area contributed by atoms with Crippen LogP contribution in [0.1, 0.15) is 0 Å². The lowest BCUT2D eigenvalue weighted by Crippen LogP contribution is -2.00. The lowest BCUT2D eigenvalue weighted by molar-refractivity contribution is 1.08. The molecule has 0 atom stereocenters. The molecule has 2 aromatic heterocycles. The summed E-state index contributed by atoms with van der Waals surface area (Å²) in [6.45, 7) is 0. The van der Waals surface area contributed by atoms with Crippen LogP contribution in [0, 0.1) is 0 Å². The minimum absolute atomic E-state index is 0.659. The largest absolute Gasteiger partial charge is 0.208 e. The van der Waals surface area contributed by atoms with Gasteiger partial charge in [-0.1, -0.05) is 140 Å². The molecule has 0 amide bonds. The Morgan fingerprint density at radius 1 is 0.356 bits per heavy atom. The number of fused-ring (bicyclic) bond motifs is 6. The Kier molecular flexibility index (Phi) is 6.00. The number of benzene rings is 7. The molecule has 0 N–H and O–H groups in total. The van der Waals surface area contributed by atoms with Gasteiger partial charge in [0.2, 0.25) is 0 Å². The van der Waals surface area contributed by atoms with Crippen LogP contribution in [0.5, 0.6) is 0 Å². The minimum Gasteiger partial charge on any atom is -0.208 e. The van der Waals surface area contributed by atoms with Crippen LogP contribution in [-0.4, -0.2) is 15.0 Å². The monoisotopic (exact) mass is 591 g/mol. The molecule has 9 aromatic rings. The van der Waals surface area contributed by atoms with Crippen molar-refractivity contribution in [2.45, 2.75) is 0 Å². The van der Waals surface area contributed by atoms with Crippen LogP contribution in [0.3, 0.4) is 0 Å². The first-order valence-electron chi connectivity index (χ1n) is 15.0. The van der Waals surface area contributed by atoms with E-state index in [4.69, 9.17) is 15.0 Å². The van der Waals surface area contributed by atoms with Crippen LogP contribution in [0.2, 0.25) is 0 Å². The standard InChI is InChI=1S/C41H25N3S/c1-2-12-29(13-3-1)39-42-40(30-22-20-28(21-23-30)32-17-8-14-26-10-4-6-15-31(26)32)44-41(43-39)35-19-9-18-34-37-33-16-7-5-11-27(33)24-25-36(37)45-38(34)35/h1-25H. The molecule has 0 radical (unpaired) electrons. The van der Waals surface area contributed by atoms with E-state index in [2.05, 4.69) is 133 Å². The highest BCUT2D eigenvalue weighted by molar-refractivity contribution is 7.26. The van der Waals surface area contributed by atoms with Gasteiger partial charge in [-0.2, -0.15) is 0 Å². The van der Waals surface area contributed by atoms with Crippen LogP contribution >= 0.6 is 11.3 Å². The maximum Gasteiger partial charge on any atom is 0.165 e. The molecular formula is C41H25N3S. The zero-order chi connectivity index (χ0) is 29.7. The number of hydrogen-bond acceptors (Lipinski definition) is 4. The maximum atomic E-state index is 5.12. The zero-order valence-electron chi connectivity index (χ0n) is 24.2. The average molecular weight is 592 g/mol. The number of rotatable bonds is 4. The first-order valence-corrected chi connectivity index (χ1v) is 15.9. The van der Waals surface area contributed by atoms with Crippen molar-refractivity contribution in [3.63, 3.8) is 0 Å². The van der Waals surface area contributed by atoms with Gasteiger partial charge < -0.3 is 0 Å². The quantitative estimate of drug-likeness (QED) is 0.204. The van der Waals surface area contributed by atoms with Gasteiger partial charge in [-0.15, -0.1) is 11.3 Å². The van der Waals surface area contributed by atoms with E-state index in [-0.39, 0.29) is 0 Å². The molecule has 0 spiro atoms. The van der Waals surface area contributed by atoms with Crippen molar-refractivity contribution in [2.75, 3.05) is 0 Å². The van der Waals surface area contributed by atoms with E-state index in [0.29, 0.717) is 17.5 Å². The van der Waals surface area contributed by atoms with Gasteiger partial charge in [-0.3, -0.25) is 0 Å². The fourth-order valence-electron chi connectivity index (χ4n) is 6.36. The molecule has 0 bridgehead atoms. The molecule has 2 heterocycles. The number of thiophene rings is 1. The number of aromatic nitrogens is 3. The molecule has 0 fully saturated rings. The van der Waals surface area contributed by atoms with Gasteiger partial charge in [-0.25, -0.2) is 15.0 Å². The summed E-state index contributed by atoms with van der Waals surface area (Å²) in [4.78, 5) is 15.2. The van der Waals surface area contributed by atoms with E-state index in [1.54, 1.807) is 11.3 Å². The molecule has 3 nitrogen and oxygen atoms in total. The van der Waals surface area contributed by atoms with Gasteiger partial charge in [0.05, 0.1) is 0 Å². The van der Waals surface area contributed by atoms with Gasteiger partial charge in [0, 0.05) is 36.9 Å². The molecule has 45 heavy (non-hydrogen) atoms. The predicted octanol–water partition coefficient (Wildman–Crippen LogP) is 11.2. The summed E-state index contributed by atoms with van der Waals surface area (Å²) in [5.41, 5.74) is 5.31. The summed E-state index contributed by atoms with van der Waals surface area (Å²) in [7, 11) is 0. The second-order valence-electron chi connectivity index (χ2n) is 11.2. The highest BCUT2D eigenvalue weighted by atomic mass is 32.1. The van der Waals surface area contributed by atoms with Crippen molar-refractivity contribution >= 4 is 53.1 Å². The third-order valence-electron chi connectivity index (χ3n) is 8.54. The molecule has 210 valence electrons. The lowest BCUT2D eigenvalue weighted by atomic mass is 9.97. The molecule has 0 aliphatic heterocycles. The van der Waals surface area contributed by atoms with E-state index in [0.717, 1.165) is 22.3 Å². The minimum atomic E-state index is 0.659. The molecule has 4 heteroatoms. The topological polar surface area (TPSA) is 38.7 Å². The highest BCUT2D eigenvalue weighted by Gasteiger charge is 2.17. The van der Waals surface area contributed by atoms with Crippen molar-refractivity contribution in [2.24, 2.45) is 0 Å². The Morgan fingerprint density at radius 3 is 1.71 bits per heavy atom. The van der Waals surface area contributed by atoms with E-state index in [1.165, 1.54) is 47.3 Å². The summed E-state index contributed by atoms with van der Waals surface area (Å²) in [6, 6.07) is 53.2. The number of nitrogens with zero attached hydrogens (tertiary/aromatic N) is 3. The first kappa shape index (κ1) is 25.8. The number of hydrogen-bond donors (Lipinski definition) is 0. The predicted molar refractivity (Wildman–Crippen MR) is 189 cm³/mol. The average Bonchev–Trinajstić information content (AvgIpc) is 3.51. The summed E-state index contributed by atoms with van der Waals surface area (Å²) in [6.07, 6.45) is 0. The molecule has 9 rings (SSSR count). The smallest absolute Gasteiger partial charge is 0.165 e. The molecule has 0 aliphatic rings. The van der Waals surface area contributed by atoms with Gasteiger partial charge in [-0.05, 0) is 44.8 Å². The van der Waals surface area contributed by atoms with Crippen molar-refractivity contribution in [3.05, 3.63) is 152 Å². The van der Waals surface area contributed by atoms with Crippen LogP contribution in [0.25, 0.3) is 87.0 Å². The van der Waals surface area contributed by atoms with E-state index in [9.17, 15) is 0 Å². The fourth-order valence-corrected chi connectivity index (χ4v) is 7.59.